The maximum absolute atomic E-state index is 14.7. The Bertz CT molecular complexity index is 585. The van der Waals surface area contributed by atoms with Crippen molar-refractivity contribution in [3.8, 4) is 0 Å². The largest absolute Gasteiger partial charge is 0.463 e. The summed E-state index contributed by atoms with van der Waals surface area (Å²) < 4.78 is 39.2. The second kappa shape index (κ2) is 10.1. The third-order valence-corrected chi connectivity index (χ3v) is 4.44. The number of nitrogens with zero attached hydrogens (tertiary/aromatic N) is 1. The number of carbonyl (C=O) groups is 2. The standard InChI is InChI=1S/C17H29F2N3O6/c1-4-5-11(25)27-7-10(24)13(26)14-9(6-8(2)23)12(22-16(20)21)15(18)17(3,19)28-14/h9-10,12-15,24,26H,4-7H2,1-3H3,(H4,20,21,22)/t9-,10-,12+,13-,14?,15?,17+/m1/s1. The summed E-state index contributed by atoms with van der Waals surface area (Å²) in [5.74, 6) is -5.56. The third kappa shape index (κ3) is 6.35. The molecule has 1 aliphatic heterocycles. The van der Waals surface area contributed by atoms with E-state index >= 15 is 0 Å². The Labute approximate surface area is 162 Å². The number of aliphatic imine (C=N–C) groups is 1. The topological polar surface area (TPSA) is 157 Å². The van der Waals surface area contributed by atoms with E-state index in [0.717, 1.165) is 6.92 Å². The van der Waals surface area contributed by atoms with Crippen molar-refractivity contribution in [3.63, 3.8) is 0 Å². The van der Waals surface area contributed by atoms with Crippen LogP contribution in [0.15, 0.2) is 4.99 Å². The van der Waals surface area contributed by atoms with E-state index in [1.807, 2.05) is 0 Å². The first-order valence-electron chi connectivity index (χ1n) is 9.01. The number of aliphatic hydroxyl groups is 2. The number of rotatable bonds is 9. The number of hydrogen-bond donors (Lipinski definition) is 4. The molecule has 1 fully saturated rings. The third-order valence-electron chi connectivity index (χ3n) is 4.44. The van der Waals surface area contributed by atoms with Gasteiger partial charge in [0.1, 0.15) is 24.6 Å². The minimum atomic E-state index is -2.89. The Hall–Kier alpha value is -1.85. The van der Waals surface area contributed by atoms with Crippen LogP contribution in [0, 0.1) is 5.92 Å². The molecule has 0 spiro atoms. The summed E-state index contributed by atoms with van der Waals surface area (Å²) in [4.78, 5) is 26.8. The molecule has 0 bridgehead atoms. The van der Waals surface area contributed by atoms with E-state index in [4.69, 9.17) is 20.9 Å². The number of aliphatic hydroxyl groups excluding tert-OH is 2. The number of guanidine groups is 1. The van der Waals surface area contributed by atoms with Gasteiger partial charge < -0.3 is 35.9 Å². The number of esters is 1. The molecular formula is C17H29F2N3O6. The molecule has 2 unspecified atom stereocenters. The van der Waals surface area contributed by atoms with Gasteiger partial charge in [0, 0.05) is 18.8 Å². The van der Waals surface area contributed by atoms with Gasteiger partial charge in [0.15, 0.2) is 12.1 Å². The molecule has 1 rings (SSSR count). The Morgan fingerprint density at radius 3 is 2.46 bits per heavy atom. The molecule has 6 N–H and O–H groups in total. The predicted molar refractivity (Wildman–Crippen MR) is 95.5 cm³/mol. The smallest absolute Gasteiger partial charge is 0.305 e. The van der Waals surface area contributed by atoms with Crippen LogP contribution in [0.1, 0.15) is 40.0 Å². The van der Waals surface area contributed by atoms with Crippen LogP contribution in [0.2, 0.25) is 0 Å². The molecule has 0 aliphatic carbocycles. The van der Waals surface area contributed by atoms with Gasteiger partial charge in [0.2, 0.25) is 5.85 Å². The van der Waals surface area contributed by atoms with Crippen LogP contribution in [0.5, 0.6) is 0 Å². The molecule has 0 aromatic heterocycles. The summed E-state index contributed by atoms with van der Waals surface area (Å²) in [5, 5.41) is 20.6. The first-order chi connectivity index (χ1) is 12.9. The molecule has 1 saturated heterocycles. The number of carbonyl (C=O) groups excluding carboxylic acids is 2. The van der Waals surface area contributed by atoms with Gasteiger partial charge in [-0.05, 0) is 20.3 Å². The van der Waals surface area contributed by atoms with Gasteiger partial charge in [-0.1, -0.05) is 6.92 Å². The van der Waals surface area contributed by atoms with Gasteiger partial charge >= 0.3 is 5.97 Å². The van der Waals surface area contributed by atoms with Crippen LogP contribution < -0.4 is 11.5 Å². The quantitative estimate of drug-likeness (QED) is 0.230. The lowest BCUT2D eigenvalue weighted by Crippen LogP contribution is -2.62. The van der Waals surface area contributed by atoms with Crippen LogP contribution in [-0.4, -0.2) is 70.9 Å². The molecular weight excluding hydrogens is 380 g/mol. The average Bonchev–Trinajstić information content (AvgIpc) is 2.58. The van der Waals surface area contributed by atoms with Crippen LogP contribution >= 0.6 is 0 Å². The summed E-state index contributed by atoms with van der Waals surface area (Å²) in [6, 6.07) is -1.52. The highest BCUT2D eigenvalue weighted by molar-refractivity contribution is 5.77. The van der Waals surface area contributed by atoms with Crippen molar-refractivity contribution in [1.82, 2.24) is 0 Å². The van der Waals surface area contributed by atoms with E-state index in [9.17, 15) is 28.6 Å². The highest BCUT2D eigenvalue weighted by atomic mass is 19.2. The molecule has 7 atom stereocenters. The molecule has 28 heavy (non-hydrogen) atoms. The van der Waals surface area contributed by atoms with Crippen LogP contribution in [0.25, 0.3) is 0 Å². The molecule has 0 amide bonds. The number of Topliss-reactive ketones (excluding diaryl/α,β-unsaturated/α-hetero) is 1. The fourth-order valence-electron chi connectivity index (χ4n) is 3.13. The van der Waals surface area contributed by atoms with Crippen LogP contribution in [0.4, 0.5) is 8.78 Å². The lowest BCUT2D eigenvalue weighted by molar-refractivity contribution is -0.280. The summed E-state index contributed by atoms with van der Waals surface area (Å²) in [6.07, 6.45) is -6.98. The molecule has 0 saturated carbocycles. The van der Waals surface area contributed by atoms with Crippen molar-refractivity contribution in [3.05, 3.63) is 0 Å². The van der Waals surface area contributed by atoms with Crippen LogP contribution in [0.3, 0.4) is 0 Å². The Kier molecular flexibility index (Phi) is 8.71. The maximum Gasteiger partial charge on any atom is 0.305 e. The summed E-state index contributed by atoms with van der Waals surface area (Å²) >= 11 is 0. The fourth-order valence-corrected chi connectivity index (χ4v) is 3.13. The number of nitrogens with two attached hydrogens (primary N) is 2. The number of hydrogen-bond acceptors (Lipinski definition) is 7. The second-order valence-corrected chi connectivity index (χ2v) is 7.08. The number of ketones is 1. The van der Waals surface area contributed by atoms with Gasteiger partial charge in [-0.3, -0.25) is 4.79 Å². The van der Waals surface area contributed by atoms with Crippen LogP contribution in [-0.2, 0) is 19.1 Å². The highest BCUT2D eigenvalue weighted by Crippen LogP contribution is 2.41. The molecule has 1 aliphatic rings. The van der Waals surface area contributed by atoms with Crippen molar-refractivity contribution in [2.45, 2.75) is 76.4 Å². The first kappa shape index (κ1) is 24.2. The summed E-state index contributed by atoms with van der Waals surface area (Å²) in [7, 11) is 0. The van der Waals surface area contributed by atoms with Crippen molar-refractivity contribution >= 4 is 17.7 Å². The van der Waals surface area contributed by atoms with Gasteiger partial charge in [-0.2, -0.15) is 0 Å². The molecule has 0 aromatic carbocycles. The minimum Gasteiger partial charge on any atom is -0.463 e. The lowest BCUT2D eigenvalue weighted by Gasteiger charge is -2.46. The van der Waals surface area contributed by atoms with Gasteiger partial charge in [-0.25, -0.2) is 13.8 Å². The zero-order valence-electron chi connectivity index (χ0n) is 16.2. The monoisotopic (exact) mass is 409 g/mol. The van der Waals surface area contributed by atoms with E-state index in [0.29, 0.717) is 6.42 Å². The van der Waals surface area contributed by atoms with E-state index in [-0.39, 0.29) is 12.8 Å². The van der Waals surface area contributed by atoms with Crippen molar-refractivity contribution in [2.75, 3.05) is 6.61 Å². The predicted octanol–water partition coefficient (Wildman–Crippen LogP) is -0.289. The average molecular weight is 409 g/mol. The van der Waals surface area contributed by atoms with Crippen molar-refractivity contribution < 1.29 is 38.1 Å². The first-order valence-corrected chi connectivity index (χ1v) is 9.01. The van der Waals surface area contributed by atoms with Crippen molar-refractivity contribution in [2.24, 2.45) is 22.4 Å². The Morgan fingerprint density at radius 1 is 1.36 bits per heavy atom. The molecule has 1 heterocycles. The fraction of sp³-hybridized carbons (Fsp3) is 0.824. The highest BCUT2D eigenvalue weighted by Gasteiger charge is 2.56. The van der Waals surface area contributed by atoms with Crippen molar-refractivity contribution in [1.29, 1.82) is 0 Å². The van der Waals surface area contributed by atoms with E-state index in [2.05, 4.69) is 4.99 Å². The lowest BCUT2D eigenvalue weighted by atomic mass is 9.79. The normalized spacial score (nSPS) is 32.2. The molecule has 162 valence electrons. The SMILES string of the molecule is CCCC(=O)OC[C@@H](O)[C@@H](O)C1O[C@](C)(F)C(F)[C@@H](N=C(N)N)[C@H]1CC(C)=O. The molecule has 9 nitrogen and oxygen atoms in total. The zero-order chi connectivity index (χ0) is 21.6. The molecule has 0 radical (unpaired) electrons. The van der Waals surface area contributed by atoms with Gasteiger partial charge in [0.05, 0.1) is 12.1 Å². The zero-order valence-corrected chi connectivity index (χ0v) is 16.2. The summed E-state index contributed by atoms with van der Waals surface area (Å²) in [5.41, 5.74) is 10.6. The number of alkyl halides is 2. The molecule has 0 aromatic rings. The van der Waals surface area contributed by atoms with Gasteiger partial charge in [0.25, 0.3) is 0 Å². The minimum absolute atomic E-state index is 0.119. The molecule has 11 heteroatoms. The van der Waals surface area contributed by atoms with E-state index in [1.54, 1.807) is 6.92 Å². The van der Waals surface area contributed by atoms with Gasteiger partial charge in [-0.15, -0.1) is 0 Å². The second-order valence-electron chi connectivity index (χ2n) is 7.08. The van der Waals surface area contributed by atoms with E-state index in [1.165, 1.54) is 6.92 Å². The maximum atomic E-state index is 14.7. The summed E-state index contributed by atoms with van der Waals surface area (Å²) in [6.45, 7) is 3.19. The number of ether oxygens (including phenoxy) is 2. The Balaban J connectivity index is 3.10. The van der Waals surface area contributed by atoms with E-state index < -0.39 is 66.6 Å². The number of halogens is 2. The Morgan fingerprint density at radius 2 is 1.96 bits per heavy atom.